The van der Waals surface area contributed by atoms with Gasteiger partial charge in [-0.2, -0.15) is 0 Å². The number of esters is 1. The zero-order valence-corrected chi connectivity index (χ0v) is 22.6. The zero-order valence-electron chi connectivity index (χ0n) is 22.6. The number of carbonyl (C=O) groups excluding carboxylic acids is 2. The van der Waals surface area contributed by atoms with E-state index in [0.29, 0.717) is 28.9 Å². The lowest BCUT2D eigenvalue weighted by Crippen LogP contribution is -2.41. The molecule has 0 saturated carbocycles. The van der Waals surface area contributed by atoms with E-state index in [1.54, 1.807) is 37.6 Å². The van der Waals surface area contributed by atoms with Gasteiger partial charge < -0.3 is 14.2 Å². The SMILES string of the molecule is COC(=O)c1ccc([C@@H]2CC(F)(F)CCN2Cc2c(OC)cc(C)c3c2ccn3C(=O)OC(C)(C)C)cc1. The van der Waals surface area contributed by atoms with E-state index in [1.807, 2.05) is 44.7 Å². The van der Waals surface area contributed by atoms with Crippen molar-refractivity contribution in [1.29, 1.82) is 0 Å². The highest BCUT2D eigenvalue weighted by molar-refractivity contribution is 5.95. The maximum Gasteiger partial charge on any atom is 0.419 e. The molecule has 2 heterocycles. The molecule has 1 saturated heterocycles. The van der Waals surface area contributed by atoms with Crippen molar-refractivity contribution in [2.24, 2.45) is 0 Å². The number of hydrogen-bond donors (Lipinski definition) is 0. The Morgan fingerprint density at radius 1 is 1.11 bits per heavy atom. The number of nitrogens with zero attached hydrogens (tertiary/aromatic N) is 2. The summed E-state index contributed by atoms with van der Waals surface area (Å²) in [6.45, 7) is 7.81. The Balaban J connectivity index is 1.74. The number of aryl methyl sites for hydroxylation is 1. The van der Waals surface area contributed by atoms with Crippen LogP contribution in [0.1, 0.15) is 66.7 Å². The average molecular weight is 529 g/mol. The highest BCUT2D eigenvalue weighted by Crippen LogP contribution is 2.42. The molecule has 1 aromatic heterocycles. The van der Waals surface area contributed by atoms with E-state index in [1.165, 1.54) is 11.7 Å². The summed E-state index contributed by atoms with van der Waals surface area (Å²) in [5.74, 6) is -2.67. The first-order chi connectivity index (χ1) is 17.8. The van der Waals surface area contributed by atoms with Crippen LogP contribution in [-0.2, 0) is 16.0 Å². The lowest BCUT2D eigenvalue weighted by molar-refractivity contribution is -0.0815. The molecule has 0 aliphatic carbocycles. The second-order valence-electron chi connectivity index (χ2n) is 10.7. The molecule has 4 rings (SSSR count). The monoisotopic (exact) mass is 528 g/mol. The Morgan fingerprint density at radius 2 is 1.79 bits per heavy atom. The van der Waals surface area contributed by atoms with Crippen LogP contribution in [0.3, 0.4) is 0 Å². The summed E-state index contributed by atoms with van der Waals surface area (Å²) in [4.78, 5) is 26.8. The van der Waals surface area contributed by atoms with Crippen molar-refractivity contribution >= 4 is 23.0 Å². The first-order valence-corrected chi connectivity index (χ1v) is 12.5. The van der Waals surface area contributed by atoms with E-state index in [2.05, 4.69) is 0 Å². The van der Waals surface area contributed by atoms with Gasteiger partial charge in [-0.25, -0.2) is 18.4 Å². The number of fused-ring (bicyclic) bond motifs is 1. The number of aromatic nitrogens is 1. The Morgan fingerprint density at radius 3 is 2.39 bits per heavy atom. The molecule has 0 spiro atoms. The molecule has 9 heteroatoms. The summed E-state index contributed by atoms with van der Waals surface area (Å²) >= 11 is 0. The van der Waals surface area contributed by atoms with Gasteiger partial charge in [-0.3, -0.25) is 9.47 Å². The smallest absolute Gasteiger partial charge is 0.419 e. The van der Waals surface area contributed by atoms with E-state index in [0.717, 1.165) is 16.5 Å². The van der Waals surface area contributed by atoms with Crippen LogP contribution in [0.2, 0.25) is 0 Å². The molecule has 204 valence electrons. The topological polar surface area (TPSA) is 70.0 Å². The molecule has 0 bridgehead atoms. The minimum absolute atomic E-state index is 0.168. The van der Waals surface area contributed by atoms with Gasteiger partial charge in [-0.05, 0) is 63.1 Å². The lowest BCUT2D eigenvalue weighted by Gasteiger charge is -2.40. The molecule has 7 nitrogen and oxygen atoms in total. The van der Waals surface area contributed by atoms with Gasteiger partial charge in [0.25, 0.3) is 5.92 Å². The van der Waals surface area contributed by atoms with E-state index >= 15 is 0 Å². The third kappa shape index (κ3) is 5.67. The number of rotatable bonds is 5. The van der Waals surface area contributed by atoms with Gasteiger partial charge in [0.1, 0.15) is 11.4 Å². The highest BCUT2D eigenvalue weighted by Gasteiger charge is 2.41. The number of halogens is 2. The summed E-state index contributed by atoms with van der Waals surface area (Å²) < 4.78 is 46.8. The van der Waals surface area contributed by atoms with Crippen molar-refractivity contribution in [2.45, 2.75) is 64.6 Å². The fraction of sp³-hybridized carbons (Fsp3) is 0.448. The summed E-state index contributed by atoms with van der Waals surface area (Å²) in [6, 6.07) is 9.70. The van der Waals surface area contributed by atoms with Crippen LogP contribution in [0.4, 0.5) is 13.6 Å². The first-order valence-electron chi connectivity index (χ1n) is 12.5. The minimum Gasteiger partial charge on any atom is -0.496 e. The summed E-state index contributed by atoms with van der Waals surface area (Å²) in [7, 11) is 2.87. The minimum atomic E-state index is -2.81. The number of piperidine rings is 1. The molecular formula is C29H34F2N2O5. The first kappa shape index (κ1) is 27.6. The Labute approximate surface area is 221 Å². The van der Waals surface area contributed by atoms with Gasteiger partial charge in [0.05, 0.1) is 25.3 Å². The zero-order chi connectivity index (χ0) is 27.8. The number of alkyl halides is 2. The molecule has 0 N–H and O–H groups in total. The fourth-order valence-corrected chi connectivity index (χ4v) is 5.03. The molecule has 2 aromatic carbocycles. The number of likely N-dealkylation sites (tertiary alicyclic amines) is 1. The Bertz CT molecular complexity index is 1340. The Kier molecular flexibility index (Phi) is 7.52. The maximum atomic E-state index is 14.6. The number of hydrogen-bond acceptors (Lipinski definition) is 6. The molecule has 3 aromatic rings. The second-order valence-corrected chi connectivity index (χ2v) is 10.7. The second kappa shape index (κ2) is 10.4. The molecule has 0 radical (unpaired) electrons. The summed E-state index contributed by atoms with van der Waals surface area (Å²) in [6.07, 6.45) is 0.566. The van der Waals surface area contributed by atoms with Crippen molar-refractivity contribution in [1.82, 2.24) is 9.47 Å². The Hall–Kier alpha value is -3.46. The van der Waals surface area contributed by atoms with Crippen LogP contribution in [0.25, 0.3) is 10.9 Å². The molecule has 1 aliphatic rings. The molecule has 38 heavy (non-hydrogen) atoms. The number of benzene rings is 2. The van der Waals surface area contributed by atoms with E-state index in [4.69, 9.17) is 14.2 Å². The molecular weight excluding hydrogens is 494 g/mol. The average Bonchev–Trinajstić information content (AvgIpc) is 3.31. The van der Waals surface area contributed by atoms with Crippen LogP contribution in [0.15, 0.2) is 42.6 Å². The molecule has 1 fully saturated rings. The molecule has 0 amide bonds. The largest absolute Gasteiger partial charge is 0.496 e. The van der Waals surface area contributed by atoms with E-state index < -0.39 is 29.6 Å². The van der Waals surface area contributed by atoms with E-state index in [9.17, 15) is 18.4 Å². The maximum absolute atomic E-state index is 14.6. The third-order valence-electron chi connectivity index (χ3n) is 6.82. The van der Waals surface area contributed by atoms with Crippen molar-refractivity contribution in [2.75, 3.05) is 20.8 Å². The fourth-order valence-electron chi connectivity index (χ4n) is 5.03. The lowest BCUT2D eigenvalue weighted by atomic mass is 9.91. The third-order valence-corrected chi connectivity index (χ3v) is 6.82. The van der Waals surface area contributed by atoms with Crippen LogP contribution in [-0.4, -0.2) is 53.8 Å². The normalized spacial score (nSPS) is 17.8. The highest BCUT2D eigenvalue weighted by atomic mass is 19.3. The number of ether oxygens (including phenoxy) is 3. The van der Waals surface area contributed by atoms with Gasteiger partial charge in [0.15, 0.2) is 0 Å². The number of methoxy groups -OCH3 is 2. The molecule has 1 atom stereocenters. The molecule has 0 unspecified atom stereocenters. The van der Waals surface area contributed by atoms with Crippen molar-refractivity contribution < 1.29 is 32.6 Å². The van der Waals surface area contributed by atoms with Gasteiger partial charge in [0.2, 0.25) is 0 Å². The van der Waals surface area contributed by atoms with Crippen LogP contribution >= 0.6 is 0 Å². The summed E-state index contributed by atoms with van der Waals surface area (Å²) in [5.41, 5.74) is 2.71. The van der Waals surface area contributed by atoms with Crippen molar-refractivity contribution in [3.05, 3.63) is 64.8 Å². The van der Waals surface area contributed by atoms with Crippen LogP contribution in [0.5, 0.6) is 5.75 Å². The molecule has 1 aliphatic heterocycles. The van der Waals surface area contributed by atoms with E-state index in [-0.39, 0.29) is 19.4 Å². The van der Waals surface area contributed by atoms with Gasteiger partial charge in [-0.15, -0.1) is 0 Å². The van der Waals surface area contributed by atoms with Crippen LogP contribution < -0.4 is 4.74 Å². The quantitative estimate of drug-likeness (QED) is 0.352. The van der Waals surface area contributed by atoms with Gasteiger partial charge in [0, 0.05) is 49.1 Å². The number of carbonyl (C=O) groups is 2. The van der Waals surface area contributed by atoms with Gasteiger partial charge >= 0.3 is 12.1 Å². The predicted octanol–water partition coefficient (Wildman–Crippen LogP) is 6.50. The summed E-state index contributed by atoms with van der Waals surface area (Å²) in [5, 5.41) is 0.796. The predicted molar refractivity (Wildman–Crippen MR) is 140 cm³/mol. The van der Waals surface area contributed by atoms with Gasteiger partial charge in [-0.1, -0.05) is 12.1 Å². The standard InChI is InChI=1S/C29H34F2N2O5/c1-18-15-24(36-5)22(21-11-13-33(25(18)21)27(35)38-28(2,3)4)17-32-14-12-29(30,31)16-23(32)19-7-9-20(10-8-19)26(34)37-6/h7-11,13,15,23H,12,14,16-17H2,1-6H3/t23-/m0/s1. The van der Waals surface area contributed by atoms with Crippen LogP contribution in [0, 0.1) is 6.92 Å². The van der Waals surface area contributed by atoms with Crippen molar-refractivity contribution in [3.63, 3.8) is 0 Å². The van der Waals surface area contributed by atoms with Crippen molar-refractivity contribution in [3.8, 4) is 5.75 Å².